The molecular formula is C11H11N3S. The molecule has 0 aliphatic rings. The zero-order valence-electron chi connectivity index (χ0n) is 8.42. The number of rotatable bonds is 3. The molecular weight excluding hydrogens is 206 g/mol. The van der Waals surface area contributed by atoms with Crippen LogP contribution >= 0.6 is 11.8 Å². The lowest BCUT2D eigenvalue weighted by Crippen LogP contribution is -1.90. The van der Waals surface area contributed by atoms with Gasteiger partial charge in [-0.2, -0.15) is 0 Å². The largest absolute Gasteiger partial charge is 0.260 e. The maximum Gasteiger partial charge on any atom is 0.188 e. The summed E-state index contributed by atoms with van der Waals surface area (Å²) in [4.78, 5) is 12.7. The van der Waals surface area contributed by atoms with Crippen LogP contribution < -0.4 is 0 Å². The molecule has 0 saturated heterocycles. The van der Waals surface area contributed by atoms with Gasteiger partial charge >= 0.3 is 0 Å². The number of hydrogen-bond donors (Lipinski definition) is 0. The first-order valence-electron chi connectivity index (χ1n) is 4.67. The van der Waals surface area contributed by atoms with Gasteiger partial charge in [-0.15, -0.1) is 0 Å². The highest BCUT2D eigenvalue weighted by atomic mass is 32.2. The number of thioether (sulfide) groups is 1. The van der Waals surface area contributed by atoms with Gasteiger partial charge in [0.25, 0.3) is 0 Å². The normalized spacial score (nSPS) is 10.2. The number of aryl methyl sites for hydroxylation is 1. The van der Waals surface area contributed by atoms with Crippen LogP contribution in [0.3, 0.4) is 0 Å². The highest BCUT2D eigenvalue weighted by Gasteiger charge is 1.99. The SMILES string of the molecule is Cc1ccnc(SCc2ccccn2)n1. The number of nitrogens with zero attached hydrogens (tertiary/aromatic N) is 3. The Kier molecular flexibility index (Phi) is 3.29. The van der Waals surface area contributed by atoms with E-state index >= 15 is 0 Å². The minimum absolute atomic E-state index is 0.806. The summed E-state index contributed by atoms with van der Waals surface area (Å²) in [5, 5.41) is 0.806. The van der Waals surface area contributed by atoms with Gasteiger partial charge in [-0.1, -0.05) is 17.8 Å². The Labute approximate surface area is 93.0 Å². The first-order chi connectivity index (χ1) is 7.34. The molecule has 0 spiro atoms. The highest BCUT2D eigenvalue weighted by molar-refractivity contribution is 7.98. The van der Waals surface area contributed by atoms with E-state index in [0.29, 0.717) is 0 Å². The van der Waals surface area contributed by atoms with Gasteiger partial charge < -0.3 is 0 Å². The lowest BCUT2D eigenvalue weighted by molar-refractivity contribution is 0.930. The van der Waals surface area contributed by atoms with Crippen molar-refractivity contribution in [3.63, 3.8) is 0 Å². The van der Waals surface area contributed by atoms with Crippen molar-refractivity contribution in [2.24, 2.45) is 0 Å². The van der Waals surface area contributed by atoms with E-state index in [1.54, 1.807) is 24.2 Å². The highest BCUT2D eigenvalue weighted by Crippen LogP contribution is 2.17. The van der Waals surface area contributed by atoms with Crippen LogP contribution in [-0.4, -0.2) is 15.0 Å². The molecule has 0 radical (unpaired) electrons. The number of hydrogen-bond acceptors (Lipinski definition) is 4. The molecule has 0 saturated carbocycles. The van der Waals surface area contributed by atoms with Crippen molar-refractivity contribution in [2.45, 2.75) is 17.8 Å². The van der Waals surface area contributed by atoms with Gasteiger partial charge in [-0.25, -0.2) is 9.97 Å². The van der Waals surface area contributed by atoms with Gasteiger partial charge in [0.1, 0.15) is 0 Å². The minimum Gasteiger partial charge on any atom is -0.260 e. The van der Waals surface area contributed by atoms with Crippen LogP contribution in [0.5, 0.6) is 0 Å². The second kappa shape index (κ2) is 4.89. The molecule has 0 N–H and O–H groups in total. The Hall–Kier alpha value is -1.42. The lowest BCUT2D eigenvalue weighted by atomic mass is 10.4. The number of aromatic nitrogens is 3. The molecule has 0 aromatic carbocycles. The topological polar surface area (TPSA) is 38.7 Å². The smallest absolute Gasteiger partial charge is 0.188 e. The zero-order valence-corrected chi connectivity index (χ0v) is 9.24. The van der Waals surface area contributed by atoms with Crippen LogP contribution in [0.4, 0.5) is 0 Å². The Morgan fingerprint density at radius 1 is 1.13 bits per heavy atom. The van der Waals surface area contributed by atoms with Crippen molar-refractivity contribution in [1.29, 1.82) is 0 Å². The molecule has 0 unspecified atom stereocenters. The van der Waals surface area contributed by atoms with E-state index in [9.17, 15) is 0 Å². The molecule has 0 fully saturated rings. The molecule has 0 atom stereocenters. The summed E-state index contributed by atoms with van der Waals surface area (Å²) in [6, 6.07) is 7.80. The molecule has 2 aromatic rings. The molecule has 2 heterocycles. The van der Waals surface area contributed by atoms with E-state index in [0.717, 1.165) is 22.3 Å². The third-order valence-electron chi connectivity index (χ3n) is 1.85. The fourth-order valence-corrected chi connectivity index (χ4v) is 1.91. The number of pyridine rings is 1. The maximum atomic E-state index is 4.31. The maximum absolute atomic E-state index is 4.31. The molecule has 0 aliphatic carbocycles. The third kappa shape index (κ3) is 3.02. The quantitative estimate of drug-likeness (QED) is 0.585. The molecule has 0 aliphatic heterocycles. The molecule has 4 heteroatoms. The monoisotopic (exact) mass is 217 g/mol. The Morgan fingerprint density at radius 2 is 2.07 bits per heavy atom. The molecule has 0 bridgehead atoms. The van der Waals surface area contributed by atoms with Crippen molar-refractivity contribution in [1.82, 2.24) is 15.0 Å². The van der Waals surface area contributed by atoms with Gasteiger partial charge in [-0.3, -0.25) is 4.98 Å². The minimum atomic E-state index is 0.806. The summed E-state index contributed by atoms with van der Waals surface area (Å²) in [6.45, 7) is 1.96. The molecule has 2 rings (SSSR count). The van der Waals surface area contributed by atoms with E-state index in [-0.39, 0.29) is 0 Å². The fourth-order valence-electron chi connectivity index (χ4n) is 1.12. The van der Waals surface area contributed by atoms with E-state index in [1.807, 2.05) is 31.2 Å². The molecule has 0 amide bonds. The average Bonchev–Trinajstić information content (AvgIpc) is 2.28. The van der Waals surface area contributed by atoms with Crippen LogP contribution in [-0.2, 0) is 5.75 Å². The summed E-state index contributed by atoms with van der Waals surface area (Å²) in [7, 11) is 0. The van der Waals surface area contributed by atoms with E-state index < -0.39 is 0 Å². The van der Waals surface area contributed by atoms with Crippen LogP contribution in [0.1, 0.15) is 11.4 Å². The van der Waals surface area contributed by atoms with Gasteiger partial charge in [0.05, 0.1) is 5.69 Å². The molecule has 2 aromatic heterocycles. The average molecular weight is 217 g/mol. The van der Waals surface area contributed by atoms with Crippen molar-refractivity contribution < 1.29 is 0 Å². The summed E-state index contributed by atoms with van der Waals surface area (Å²) < 4.78 is 0. The van der Waals surface area contributed by atoms with Crippen molar-refractivity contribution in [3.8, 4) is 0 Å². The Balaban J connectivity index is 1.99. The lowest BCUT2D eigenvalue weighted by Gasteiger charge is -1.99. The van der Waals surface area contributed by atoms with E-state index in [2.05, 4.69) is 15.0 Å². The van der Waals surface area contributed by atoms with Gasteiger partial charge in [0.15, 0.2) is 5.16 Å². The summed E-state index contributed by atoms with van der Waals surface area (Å²) in [5.41, 5.74) is 2.04. The van der Waals surface area contributed by atoms with Crippen molar-refractivity contribution in [3.05, 3.63) is 48.0 Å². The Morgan fingerprint density at radius 3 is 2.80 bits per heavy atom. The van der Waals surface area contributed by atoms with Crippen LogP contribution in [0.2, 0.25) is 0 Å². The van der Waals surface area contributed by atoms with Crippen LogP contribution in [0.15, 0.2) is 41.8 Å². The molecule has 3 nitrogen and oxygen atoms in total. The van der Waals surface area contributed by atoms with Gasteiger partial charge in [0, 0.05) is 23.8 Å². The molecule has 76 valence electrons. The van der Waals surface area contributed by atoms with Gasteiger partial charge in [-0.05, 0) is 25.1 Å². The van der Waals surface area contributed by atoms with E-state index in [4.69, 9.17) is 0 Å². The van der Waals surface area contributed by atoms with Gasteiger partial charge in [0.2, 0.25) is 0 Å². The van der Waals surface area contributed by atoms with E-state index in [1.165, 1.54) is 0 Å². The van der Waals surface area contributed by atoms with Crippen molar-refractivity contribution >= 4 is 11.8 Å². The summed E-state index contributed by atoms with van der Waals surface area (Å²) in [5.74, 6) is 0.810. The molecule has 15 heavy (non-hydrogen) atoms. The first-order valence-corrected chi connectivity index (χ1v) is 5.65. The zero-order chi connectivity index (χ0) is 10.5. The summed E-state index contributed by atoms with van der Waals surface area (Å²) >= 11 is 1.60. The predicted molar refractivity (Wildman–Crippen MR) is 60.6 cm³/mol. The van der Waals surface area contributed by atoms with Crippen LogP contribution in [0, 0.1) is 6.92 Å². The third-order valence-corrected chi connectivity index (χ3v) is 2.74. The first kappa shape index (κ1) is 10.1. The fraction of sp³-hybridized carbons (Fsp3) is 0.182. The standard InChI is InChI=1S/C11H11N3S/c1-9-5-7-13-11(14-9)15-8-10-4-2-3-6-12-10/h2-7H,8H2,1H3. The van der Waals surface area contributed by atoms with Crippen molar-refractivity contribution in [2.75, 3.05) is 0 Å². The second-order valence-electron chi connectivity index (χ2n) is 3.09. The Bertz CT molecular complexity index is 431. The predicted octanol–water partition coefficient (Wildman–Crippen LogP) is 2.47. The second-order valence-corrected chi connectivity index (χ2v) is 4.03. The summed E-state index contributed by atoms with van der Waals surface area (Å²) in [6.07, 6.45) is 3.58. The van der Waals surface area contributed by atoms with Crippen LogP contribution in [0.25, 0.3) is 0 Å².